The molecule has 7 N–H and O–H groups in total. The number of carbonyl (C=O) groups is 10. The summed E-state index contributed by atoms with van der Waals surface area (Å²) in [6.45, 7) is 19.7. The topological polar surface area (TPSA) is 342 Å². The third kappa shape index (κ3) is 22.8. The second-order valence-electron chi connectivity index (χ2n) is 26.1. The fourth-order valence-corrected chi connectivity index (χ4v) is 12.2. The Morgan fingerprint density at radius 2 is 1.35 bits per heavy atom. The van der Waals surface area contributed by atoms with E-state index >= 15 is 0 Å². The Balaban J connectivity index is 1.37. The first-order chi connectivity index (χ1) is 44.4. The van der Waals surface area contributed by atoms with Crippen LogP contribution in [0.2, 0.25) is 0 Å². The lowest BCUT2D eigenvalue weighted by Gasteiger charge is -2.40. The number of amides is 7. The largest absolute Gasteiger partial charge is 0.469 e. The number of carbonyl (C=O) groups excluding carboxylic acids is 10. The van der Waals surface area contributed by atoms with Gasteiger partial charge in [0, 0.05) is 66.2 Å². The van der Waals surface area contributed by atoms with Crippen molar-refractivity contribution < 1.29 is 72.0 Å². The number of benzene rings is 2. The highest BCUT2D eigenvalue weighted by Gasteiger charge is 2.44. The van der Waals surface area contributed by atoms with Gasteiger partial charge in [-0.3, -0.25) is 48.1 Å². The van der Waals surface area contributed by atoms with Gasteiger partial charge in [0.05, 0.1) is 73.7 Å². The van der Waals surface area contributed by atoms with Gasteiger partial charge in [-0.25, -0.2) is 9.48 Å². The standard InChI is InChI=1S/C68H105N11O15/c1-39(2)49(34-54(81)50(28-29-58(84)92-15)71-56(82)37-78-36-43(9)74-75-78)65(87)72-51(30-31-69)53(80)33-46-24-26-47(27-25-46)38-94-68(90)77(13)61(42(7)8)66(88)73-59(40(3)4)67(89)76(12)60(41(5)6)55(91-14)35-57(83)79-32-20-23-52(79)63(93-16)44(10)64(86)70-45(11)62(85)48-21-18-17-19-22-48/h17-19,21-22,24-27,36,39-42,44-45,49-52,55,59-63,85H,20,23,28-35,37-38,69H2,1-16H3,(H,70,86)(H,71,82)(H,72,87)(H,73,88)/t44-,45-,49+,50+,51+,52+,55-,59+,60+,61+,62-,63-/m1/s1. The number of hydrogen-bond donors (Lipinski definition) is 6. The Morgan fingerprint density at radius 1 is 0.713 bits per heavy atom. The Kier molecular flexibility index (Phi) is 31.9. The zero-order chi connectivity index (χ0) is 70.3. The maximum absolute atomic E-state index is 14.7. The Morgan fingerprint density at radius 3 is 1.90 bits per heavy atom. The lowest BCUT2D eigenvalue weighted by atomic mass is 9.86. The van der Waals surface area contributed by atoms with Crippen molar-refractivity contribution in [3.8, 4) is 0 Å². The molecular weight excluding hydrogens is 1210 g/mol. The van der Waals surface area contributed by atoms with Gasteiger partial charge in [0.1, 0.15) is 25.2 Å². The van der Waals surface area contributed by atoms with Crippen molar-refractivity contribution >= 4 is 59.1 Å². The van der Waals surface area contributed by atoms with Gasteiger partial charge >= 0.3 is 12.1 Å². The quantitative estimate of drug-likeness (QED) is 0.0433. The van der Waals surface area contributed by atoms with Gasteiger partial charge in [0.2, 0.25) is 35.4 Å². The van der Waals surface area contributed by atoms with Gasteiger partial charge in [-0.15, -0.1) is 5.10 Å². The molecule has 7 amide bonds. The van der Waals surface area contributed by atoms with E-state index in [0.29, 0.717) is 41.8 Å². The number of nitrogens with one attached hydrogen (secondary N) is 4. The summed E-state index contributed by atoms with van der Waals surface area (Å²) in [6, 6.07) is 9.85. The summed E-state index contributed by atoms with van der Waals surface area (Å²) >= 11 is 0. The molecule has 12 atom stereocenters. The number of ether oxygens (including phenoxy) is 4. The molecule has 0 bridgehead atoms. The zero-order valence-corrected chi connectivity index (χ0v) is 57.9. The molecule has 3 aromatic rings. The Labute approximate surface area is 554 Å². The lowest BCUT2D eigenvalue weighted by Crippen LogP contribution is -2.60. The van der Waals surface area contributed by atoms with Crippen molar-refractivity contribution in [1.29, 1.82) is 0 Å². The average Bonchev–Trinajstić information content (AvgIpc) is 1.40. The van der Waals surface area contributed by atoms with E-state index in [-0.39, 0.29) is 87.7 Å². The maximum Gasteiger partial charge on any atom is 0.410 e. The fraction of sp³-hybridized carbons (Fsp3) is 0.647. The van der Waals surface area contributed by atoms with Crippen LogP contribution in [0.15, 0.2) is 60.8 Å². The van der Waals surface area contributed by atoms with E-state index in [1.54, 1.807) is 117 Å². The molecule has 0 radical (unpaired) electrons. The molecule has 1 aromatic heterocycles. The number of Topliss-reactive ketones (excluding diaryl/α,β-unsaturated/α-hetero) is 2. The number of aliphatic hydroxyl groups is 1. The zero-order valence-electron chi connectivity index (χ0n) is 57.9. The number of aromatic nitrogens is 3. The number of esters is 1. The van der Waals surface area contributed by atoms with E-state index in [0.717, 1.165) is 0 Å². The third-order valence-electron chi connectivity index (χ3n) is 17.6. The highest BCUT2D eigenvalue weighted by Crippen LogP contribution is 2.30. The molecule has 0 aliphatic carbocycles. The number of nitrogens with two attached hydrogens (primary N) is 1. The molecule has 94 heavy (non-hydrogen) atoms. The number of hydrogen-bond acceptors (Lipinski definition) is 18. The van der Waals surface area contributed by atoms with Crippen LogP contribution in [0.3, 0.4) is 0 Å². The van der Waals surface area contributed by atoms with Gasteiger partial charge in [0.25, 0.3) is 0 Å². The minimum absolute atomic E-state index is 0.0631. The molecule has 4 rings (SSSR count). The molecule has 0 spiro atoms. The number of aryl methyl sites for hydroxylation is 1. The summed E-state index contributed by atoms with van der Waals surface area (Å²) in [5.74, 6) is -7.15. The van der Waals surface area contributed by atoms with Crippen LogP contribution in [0.5, 0.6) is 0 Å². The van der Waals surface area contributed by atoms with Gasteiger partial charge in [-0.05, 0) is 86.4 Å². The number of aliphatic hydroxyl groups excluding tert-OH is 1. The van der Waals surface area contributed by atoms with Crippen molar-refractivity contribution in [1.82, 2.24) is 51.0 Å². The predicted molar refractivity (Wildman–Crippen MR) is 351 cm³/mol. The average molecular weight is 1320 g/mol. The van der Waals surface area contributed by atoms with Crippen molar-refractivity contribution in [3.63, 3.8) is 0 Å². The molecule has 0 saturated carbocycles. The normalized spacial score (nSPS) is 16.7. The minimum atomic E-state index is -1.13. The van der Waals surface area contributed by atoms with E-state index < -0.39 is 126 Å². The van der Waals surface area contributed by atoms with E-state index in [1.807, 2.05) is 32.0 Å². The highest BCUT2D eigenvalue weighted by molar-refractivity contribution is 5.95. The molecule has 2 aromatic carbocycles. The van der Waals surface area contributed by atoms with Crippen LogP contribution in [-0.4, -0.2) is 197 Å². The van der Waals surface area contributed by atoms with Gasteiger partial charge in [-0.1, -0.05) is 122 Å². The number of nitrogens with zero attached hydrogens (tertiary/aromatic N) is 6. The molecular formula is C68H105N11O15. The van der Waals surface area contributed by atoms with Gasteiger partial charge in [0.15, 0.2) is 11.6 Å². The Bertz CT molecular complexity index is 2980. The van der Waals surface area contributed by atoms with Crippen LogP contribution in [0, 0.1) is 42.4 Å². The summed E-state index contributed by atoms with van der Waals surface area (Å²) in [5, 5.41) is 30.0. The van der Waals surface area contributed by atoms with Gasteiger partial charge < -0.3 is 60.9 Å². The van der Waals surface area contributed by atoms with E-state index in [2.05, 4.69) is 31.6 Å². The second-order valence-corrected chi connectivity index (χ2v) is 26.1. The van der Waals surface area contributed by atoms with Crippen LogP contribution in [0.25, 0.3) is 0 Å². The second kappa shape index (κ2) is 38.0. The van der Waals surface area contributed by atoms with E-state index in [1.165, 1.54) is 42.9 Å². The van der Waals surface area contributed by atoms with Crippen LogP contribution in [0.1, 0.15) is 143 Å². The van der Waals surface area contributed by atoms with Crippen molar-refractivity contribution in [3.05, 3.63) is 83.2 Å². The molecule has 522 valence electrons. The summed E-state index contributed by atoms with van der Waals surface area (Å²) in [7, 11) is 7.27. The SMILES string of the molecule is COC(=O)CC[C@H](NC(=O)Cn1cc(C)nn1)C(=O)C[C@H](C(=O)N[C@@H](CCN)C(=O)Cc1ccc(COC(=O)N(C)[C@H](C(=O)N[C@H](C(=O)N(C)[C@@H](C(C)C)[C@@H](CC(=O)N2CCC[C@H]2[C@H](OC)[C@@H](C)C(=O)N[C@H](C)[C@@H](O)c2ccccc2)OC)C(C)C)C(C)C)cc1)C(C)C. The lowest BCUT2D eigenvalue weighted by molar-refractivity contribution is -0.147. The molecule has 26 nitrogen and oxygen atoms in total. The summed E-state index contributed by atoms with van der Waals surface area (Å²) in [4.78, 5) is 142. The van der Waals surface area contributed by atoms with Gasteiger partial charge in [-0.2, -0.15) is 0 Å². The molecule has 1 aliphatic rings. The summed E-state index contributed by atoms with van der Waals surface area (Å²) < 4.78 is 23.7. The number of ketones is 2. The molecule has 1 fully saturated rings. The Hall–Kier alpha value is -7.68. The van der Waals surface area contributed by atoms with E-state index in [9.17, 15) is 53.1 Å². The summed E-state index contributed by atoms with van der Waals surface area (Å²) in [6.07, 6.45) is -0.990. The monoisotopic (exact) mass is 1320 g/mol. The van der Waals surface area contributed by atoms with Crippen molar-refractivity contribution in [2.75, 3.05) is 48.5 Å². The molecule has 1 saturated heterocycles. The fourth-order valence-electron chi connectivity index (χ4n) is 12.2. The highest BCUT2D eigenvalue weighted by atomic mass is 16.6. The first-order valence-corrected chi connectivity index (χ1v) is 32.6. The number of methoxy groups -OCH3 is 3. The molecule has 26 heteroatoms. The smallest absolute Gasteiger partial charge is 0.410 e. The van der Waals surface area contributed by atoms with Crippen LogP contribution < -0.4 is 27.0 Å². The molecule has 2 heterocycles. The van der Waals surface area contributed by atoms with Crippen molar-refractivity contribution in [2.24, 2.45) is 41.2 Å². The molecule has 0 unspecified atom stereocenters. The molecule has 1 aliphatic heterocycles. The number of likely N-dealkylation sites (tertiary alicyclic amines) is 1. The number of rotatable bonds is 38. The van der Waals surface area contributed by atoms with Crippen LogP contribution in [0.4, 0.5) is 4.79 Å². The predicted octanol–water partition coefficient (Wildman–Crippen LogP) is 4.40. The summed E-state index contributed by atoms with van der Waals surface area (Å²) in [5.41, 5.74) is 8.33. The van der Waals surface area contributed by atoms with Crippen LogP contribution in [-0.2, 0) is 81.7 Å². The first kappa shape index (κ1) is 78.8. The van der Waals surface area contributed by atoms with Crippen molar-refractivity contribution in [2.45, 2.75) is 201 Å². The first-order valence-electron chi connectivity index (χ1n) is 32.6. The van der Waals surface area contributed by atoms with Crippen LogP contribution >= 0.6 is 0 Å². The van der Waals surface area contributed by atoms with E-state index in [4.69, 9.17) is 24.7 Å². The maximum atomic E-state index is 14.7. The number of likely N-dealkylation sites (N-methyl/N-ethyl adjacent to an activating group) is 2. The third-order valence-corrected chi connectivity index (χ3v) is 17.6. The minimum Gasteiger partial charge on any atom is -0.469 e.